The Hall–Kier alpha value is -4.87. The molecule has 9 atom stereocenters. The lowest BCUT2D eigenvalue weighted by atomic mass is 9.63. The molecule has 3 heterocycles. The highest BCUT2D eigenvalue weighted by Gasteiger charge is 2.55. The number of allylic oxidation sites excluding steroid dienone is 2. The van der Waals surface area contributed by atoms with Gasteiger partial charge in [-0.25, -0.2) is 4.79 Å². The summed E-state index contributed by atoms with van der Waals surface area (Å²) >= 11 is 1.45. The smallest absolute Gasteiger partial charge is 0.353 e. The van der Waals surface area contributed by atoms with E-state index in [0.717, 1.165) is 100 Å². The van der Waals surface area contributed by atoms with Crippen LogP contribution in [0.5, 0.6) is 0 Å². The van der Waals surface area contributed by atoms with Gasteiger partial charge in [0, 0.05) is 37.3 Å². The van der Waals surface area contributed by atoms with E-state index in [1.54, 1.807) is 7.05 Å². The van der Waals surface area contributed by atoms with E-state index < -0.39 is 48.0 Å². The van der Waals surface area contributed by atoms with E-state index >= 15 is 4.79 Å². The van der Waals surface area contributed by atoms with Crippen LogP contribution in [0.2, 0.25) is 0 Å². The van der Waals surface area contributed by atoms with Gasteiger partial charge in [-0.1, -0.05) is 74.1 Å². The van der Waals surface area contributed by atoms with E-state index in [1.807, 2.05) is 12.4 Å². The van der Waals surface area contributed by atoms with Crippen LogP contribution in [0.1, 0.15) is 100 Å². The Balaban J connectivity index is 1.18. The standard InChI is InChI=1S/C51H66N6O9S/c1-52-29-55-37(48(61)62)14-15-39(58)56-38(46(59)57-47(60)49(63)64)28-67-45-44-41-34(11-3-2-6-19-51(45)20-7-8-21-51)26-35(25-30-16-22-53-23-17-30)40(42(41)50(65)66-44)43-36-27-33-10-5-4-9-31(33)12-13-32(36)18-24-54-43/h4-5,9-10,12-13,16-17,22-23,32,34,36-38,42-43,45,47,52,54-55,60H,2-3,6-8,11,14-15,18-21,24-29H2,1H3,(H,56,58)(H,57,59)(H,61,62)(H,63,64). The van der Waals surface area contributed by atoms with Gasteiger partial charge < -0.3 is 41.3 Å². The molecule has 8 N–H and O–H groups in total. The zero-order chi connectivity index (χ0) is 47.1. The summed E-state index contributed by atoms with van der Waals surface area (Å²) in [5.74, 6) is -3.92. The normalized spacial score (nSPS) is 26.9. The quantitative estimate of drug-likeness (QED) is 0.0603. The molecule has 2 fully saturated rings. The van der Waals surface area contributed by atoms with Crippen molar-refractivity contribution in [3.8, 4) is 0 Å². The number of nitrogens with zero attached hydrogens (tertiary/aromatic N) is 1. The van der Waals surface area contributed by atoms with Crippen molar-refractivity contribution in [3.05, 3.63) is 94.0 Å². The second-order valence-corrected chi connectivity index (χ2v) is 20.5. The molecule has 4 aliphatic carbocycles. The van der Waals surface area contributed by atoms with Crippen LogP contribution >= 0.6 is 11.8 Å². The van der Waals surface area contributed by atoms with Gasteiger partial charge >= 0.3 is 17.9 Å². The second kappa shape index (κ2) is 22.0. The fourth-order valence-electron chi connectivity index (χ4n) is 12.0. The number of aliphatic hydroxyl groups is 1. The number of carbonyl (C=O) groups excluding carboxylic acids is 3. The van der Waals surface area contributed by atoms with Gasteiger partial charge in [-0.05, 0) is 135 Å². The zero-order valence-corrected chi connectivity index (χ0v) is 39.2. The van der Waals surface area contributed by atoms with Gasteiger partial charge in [0.1, 0.15) is 23.8 Å². The van der Waals surface area contributed by atoms with E-state index in [1.165, 1.54) is 28.5 Å². The van der Waals surface area contributed by atoms with Crippen LogP contribution in [0.25, 0.3) is 6.08 Å². The fraction of sp³-hybridized carbons (Fsp3) is 0.569. The fourth-order valence-corrected chi connectivity index (χ4v) is 13.7. The van der Waals surface area contributed by atoms with E-state index in [4.69, 9.17) is 4.74 Å². The molecular weight excluding hydrogens is 873 g/mol. The molecule has 1 saturated carbocycles. The highest BCUT2D eigenvalue weighted by molar-refractivity contribution is 8.00. The average molecular weight is 939 g/mol. The van der Waals surface area contributed by atoms with E-state index in [0.29, 0.717) is 18.1 Å². The van der Waals surface area contributed by atoms with Crippen molar-refractivity contribution in [1.82, 2.24) is 31.6 Å². The number of rotatable bonds is 17. The number of carboxylic acids is 2. The molecule has 0 bridgehead atoms. The molecule has 1 aromatic carbocycles. The summed E-state index contributed by atoms with van der Waals surface area (Å²) in [5.41, 5.74) is 6.87. The Labute approximate surface area is 396 Å². The summed E-state index contributed by atoms with van der Waals surface area (Å²) < 4.78 is 6.80. The van der Waals surface area contributed by atoms with Crippen molar-refractivity contribution in [1.29, 1.82) is 0 Å². The van der Waals surface area contributed by atoms with Gasteiger partial charge in [0.15, 0.2) is 0 Å². The van der Waals surface area contributed by atoms with Crippen molar-refractivity contribution < 1.29 is 44.0 Å². The number of piperidine rings is 1. The maximum Gasteiger partial charge on any atom is 0.353 e. The number of aliphatic hydroxyl groups excluding tert-OH is 1. The molecule has 2 amide bonds. The lowest BCUT2D eigenvalue weighted by Gasteiger charge is -2.44. The number of hydrogen-bond donors (Lipinski definition) is 8. The van der Waals surface area contributed by atoms with Crippen molar-refractivity contribution in [3.63, 3.8) is 0 Å². The molecule has 67 heavy (non-hydrogen) atoms. The molecule has 6 aliphatic rings. The summed E-state index contributed by atoms with van der Waals surface area (Å²) in [6, 6.07) is 10.3. The van der Waals surface area contributed by atoms with E-state index in [9.17, 15) is 34.5 Å². The SMILES string of the molecule is CNCNC(CCC(=O)NC(CSC1C2=C3C(CCCCCC14CCCC4)CC(Cc1ccncc1)=C(C1NCCC4C=Cc5ccccc5CC41)C3C(=O)O2)C(=O)NC(O)C(=O)O)C(=O)O. The first-order valence-corrected chi connectivity index (χ1v) is 25.3. The van der Waals surface area contributed by atoms with Gasteiger partial charge in [0.05, 0.1) is 5.25 Å². The molecule has 2 aliphatic heterocycles. The molecule has 360 valence electrons. The maximum absolute atomic E-state index is 15.2. The minimum atomic E-state index is -2.21. The molecule has 2 aromatic rings. The Kier molecular flexibility index (Phi) is 16.0. The van der Waals surface area contributed by atoms with Crippen LogP contribution in [0.3, 0.4) is 0 Å². The Morgan fingerprint density at radius 3 is 2.43 bits per heavy atom. The highest BCUT2D eigenvalue weighted by atomic mass is 32.2. The van der Waals surface area contributed by atoms with Crippen LogP contribution < -0.4 is 26.6 Å². The number of fused-ring (bicyclic) bond motifs is 2. The van der Waals surface area contributed by atoms with Gasteiger partial charge in [-0.3, -0.25) is 29.5 Å². The summed E-state index contributed by atoms with van der Waals surface area (Å²) in [4.78, 5) is 70.5. The number of benzene rings is 1. The van der Waals surface area contributed by atoms with Crippen molar-refractivity contribution in [2.45, 2.75) is 126 Å². The number of esters is 1. The van der Waals surface area contributed by atoms with Gasteiger partial charge in [-0.2, -0.15) is 0 Å². The van der Waals surface area contributed by atoms with E-state index in [2.05, 4.69) is 80.1 Å². The third kappa shape index (κ3) is 11.0. The molecule has 0 radical (unpaired) electrons. The number of amides is 2. The number of aliphatic carboxylic acids is 2. The number of carboxylic acid groups (broad SMARTS) is 2. The van der Waals surface area contributed by atoms with Gasteiger partial charge in [-0.15, -0.1) is 11.8 Å². The first-order chi connectivity index (χ1) is 32.5. The summed E-state index contributed by atoms with van der Waals surface area (Å²) in [6.07, 6.45) is 17.8. The molecule has 1 saturated heterocycles. The summed E-state index contributed by atoms with van der Waals surface area (Å²) in [5, 5.41) is 43.6. The number of nitrogens with one attached hydrogen (secondary N) is 5. The number of pyridine rings is 1. The number of aromatic nitrogens is 1. The summed E-state index contributed by atoms with van der Waals surface area (Å²) in [6.45, 7) is 1.01. The molecule has 8 rings (SSSR count). The maximum atomic E-state index is 15.2. The second-order valence-electron chi connectivity index (χ2n) is 19.4. The molecule has 15 nitrogen and oxygen atoms in total. The number of hydrogen-bond acceptors (Lipinski definition) is 12. The van der Waals surface area contributed by atoms with Gasteiger partial charge in [0.2, 0.25) is 18.0 Å². The van der Waals surface area contributed by atoms with Crippen LogP contribution in [0.4, 0.5) is 0 Å². The minimum absolute atomic E-state index is 0.0178. The Bertz CT molecular complexity index is 2240. The number of ether oxygens (including phenoxy) is 1. The Morgan fingerprint density at radius 1 is 0.925 bits per heavy atom. The van der Waals surface area contributed by atoms with Crippen molar-refractivity contribution >= 4 is 47.6 Å². The lowest BCUT2D eigenvalue weighted by molar-refractivity contribution is -0.151. The third-order valence-electron chi connectivity index (χ3n) is 15.2. The van der Waals surface area contributed by atoms with Crippen LogP contribution in [-0.2, 0) is 41.6 Å². The van der Waals surface area contributed by atoms with Crippen molar-refractivity contribution in [2.24, 2.45) is 29.1 Å². The summed E-state index contributed by atoms with van der Waals surface area (Å²) in [7, 11) is 1.66. The molecular formula is C51H66N6O9S. The van der Waals surface area contributed by atoms with Crippen molar-refractivity contribution in [2.75, 3.05) is 26.0 Å². The van der Waals surface area contributed by atoms with Crippen LogP contribution in [0.15, 0.2) is 77.3 Å². The molecule has 1 spiro atoms. The Morgan fingerprint density at radius 2 is 1.69 bits per heavy atom. The number of carbonyl (C=O) groups is 5. The molecule has 9 unspecified atom stereocenters. The lowest BCUT2D eigenvalue weighted by Crippen LogP contribution is -2.53. The minimum Gasteiger partial charge on any atom is -0.480 e. The molecule has 1 aromatic heterocycles. The zero-order valence-electron chi connectivity index (χ0n) is 38.3. The topological polar surface area (TPSA) is 228 Å². The number of thioether (sulfide) groups is 1. The average Bonchev–Trinajstić information content (AvgIpc) is 3.87. The predicted octanol–water partition coefficient (Wildman–Crippen LogP) is 4.86. The largest absolute Gasteiger partial charge is 0.480 e. The predicted molar refractivity (Wildman–Crippen MR) is 254 cm³/mol. The first kappa shape index (κ1) is 48.6. The van der Waals surface area contributed by atoms with E-state index in [-0.39, 0.29) is 59.8 Å². The van der Waals surface area contributed by atoms with Crippen LogP contribution in [-0.4, -0.2) is 106 Å². The highest BCUT2D eigenvalue weighted by Crippen LogP contribution is 2.58. The first-order valence-electron chi connectivity index (χ1n) is 24.2. The monoisotopic (exact) mass is 938 g/mol. The van der Waals surface area contributed by atoms with Gasteiger partial charge in [0.25, 0.3) is 0 Å². The van der Waals surface area contributed by atoms with Crippen LogP contribution in [0, 0.1) is 29.1 Å². The third-order valence-corrected chi connectivity index (χ3v) is 16.8. The molecule has 16 heteroatoms.